The van der Waals surface area contributed by atoms with Crippen LogP contribution in [0.1, 0.15) is 5.56 Å². The molecule has 0 amide bonds. The Labute approximate surface area is 163 Å². The molecule has 0 saturated carbocycles. The Morgan fingerprint density at radius 2 is 1.89 bits per heavy atom. The van der Waals surface area contributed by atoms with Crippen LogP contribution in [0, 0.1) is 0 Å². The van der Waals surface area contributed by atoms with E-state index < -0.39 is 0 Å². The predicted octanol–water partition coefficient (Wildman–Crippen LogP) is 3.04. The van der Waals surface area contributed by atoms with Gasteiger partial charge in [0.15, 0.2) is 17.3 Å². The van der Waals surface area contributed by atoms with Gasteiger partial charge in [0.05, 0.1) is 23.8 Å². The summed E-state index contributed by atoms with van der Waals surface area (Å²) in [7, 11) is 3.15. The molecule has 4 aromatic rings. The summed E-state index contributed by atoms with van der Waals surface area (Å²) in [6, 6.07) is 12.7. The van der Waals surface area contributed by atoms with Crippen LogP contribution in [-0.4, -0.2) is 28.8 Å². The molecule has 2 heterocycles. The molecule has 6 nitrogen and oxygen atoms in total. The minimum absolute atomic E-state index is 0.226. The number of nitrogens with zero attached hydrogens (tertiary/aromatic N) is 3. The largest absolute Gasteiger partial charge is 0.493 e. The van der Waals surface area contributed by atoms with Crippen molar-refractivity contribution in [3.63, 3.8) is 0 Å². The number of benzene rings is 2. The van der Waals surface area contributed by atoms with E-state index in [1.807, 2.05) is 30.3 Å². The Morgan fingerprint density at radius 1 is 1.11 bits per heavy atom. The van der Waals surface area contributed by atoms with Gasteiger partial charge in [-0.15, -0.1) is 5.10 Å². The minimum atomic E-state index is -0.226. The van der Waals surface area contributed by atoms with Crippen molar-refractivity contribution >= 4 is 34.0 Å². The van der Waals surface area contributed by atoms with Crippen molar-refractivity contribution in [1.82, 2.24) is 14.6 Å². The number of methoxy groups -OCH3 is 2. The van der Waals surface area contributed by atoms with Gasteiger partial charge in [0.25, 0.3) is 5.56 Å². The molecule has 0 N–H and O–H groups in total. The van der Waals surface area contributed by atoms with E-state index in [1.54, 1.807) is 32.4 Å². The molecule has 0 bridgehead atoms. The van der Waals surface area contributed by atoms with Crippen molar-refractivity contribution in [2.45, 2.75) is 0 Å². The number of hydrogen-bond donors (Lipinski definition) is 0. The van der Waals surface area contributed by atoms with Gasteiger partial charge in [0, 0.05) is 5.56 Å². The highest BCUT2D eigenvalue weighted by Gasteiger charge is 2.14. The van der Waals surface area contributed by atoms with E-state index in [0.29, 0.717) is 37.4 Å². The fraction of sp³-hybridized carbons (Fsp3) is 0.105. The lowest BCUT2D eigenvalue weighted by atomic mass is 10.2. The molecule has 8 heteroatoms. The zero-order chi connectivity index (χ0) is 19.0. The molecule has 0 aliphatic carbocycles. The molecule has 0 atom stereocenters. The summed E-state index contributed by atoms with van der Waals surface area (Å²) < 4.78 is 12.4. The van der Waals surface area contributed by atoms with Gasteiger partial charge < -0.3 is 9.47 Å². The molecular formula is C19H14ClN3O3S. The van der Waals surface area contributed by atoms with E-state index in [2.05, 4.69) is 10.1 Å². The molecule has 0 aliphatic rings. The monoisotopic (exact) mass is 399 g/mol. The summed E-state index contributed by atoms with van der Waals surface area (Å²) >= 11 is 7.46. The van der Waals surface area contributed by atoms with Crippen LogP contribution in [0.25, 0.3) is 22.4 Å². The minimum Gasteiger partial charge on any atom is -0.493 e. The highest BCUT2D eigenvalue weighted by Crippen LogP contribution is 2.28. The first kappa shape index (κ1) is 17.5. The van der Waals surface area contributed by atoms with Crippen molar-refractivity contribution in [1.29, 1.82) is 0 Å². The standard InChI is InChI=1S/C19H14ClN3O3S/c1-25-14-8-7-11(9-15(14)26-2)10-16-18(24)23-19(27-16)21-17(22-23)12-5-3-4-6-13(12)20/h3-10H,1-2H3/b16-10-. The molecule has 0 radical (unpaired) electrons. The SMILES string of the molecule is COc1ccc(/C=c2\sc3nc(-c4ccccc4Cl)nn3c2=O)cc1OC. The molecule has 0 saturated heterocycles. The van der Waals surface area contributed by atoms with E-state index in [4.69, 9.17) is 21.1 Å². The third-order valence-electron chi connectivity index (χ3n) is 4.00. The van der Waals surface area contributed by atoms with Crippen LogP contribution < -0.4 is 19.6 Å². The van der Waals surface area contributed by atoms with Gasteiger partial charge in [0.1, 0.15) is 0 Å². The second kappa shape index (κ2) is 7.02. The lowest BCUT2D eigenvalue weighted by Gasteiger charge is -2.07. The number of hydrogen-bond acceptors (Lipinski definition) is 6. The molecule has 0 aliphatic heterocycles. The maximum absolute atomic E-state index is 12.7. The lowest BCUT2D eigenvalue weighted by Crippen LogP contribution is -2.23. The first-order valence-corrected chi connectivity index (χ1v) is 9.18. The molecular weight excluding hydrogens is 386 g/mol. The second-order valence-electron chi connectivity index (χ2n) is 5.64. The average molecular weight is 400 g/mol. The Hall–Kier alpha value is -2.90. The highest BCUT2D eigenvalue weighted by atomic mass is 35.5. The number of halogens is 1. The number of fused-ring (bicyclic) bond motifs is 1. The normalized spacial score (nSPS) is 11.9. The molecule has 136 valence electrons. The van der Waals surface area contributed by atoms with E-state index in [1.165, 1.54) is 15.9 Å². The maximum Gasteiger partial charge on any atom is 0.291 e. The first-order chi connectivity index (χ1) is 13.1. The summed E-state index contributed by atoms with van der Waals surface area (Å²) in [4.78, 5) is 17.7. The fourth-order valence-corrected chi connectivity index (χ4v) is 3.81. The molecule has 0 unspecified atom stereocenters. The van der Waals surface area contributed by atoms with Crippen molar-refractivity contribution in [3.8, 4) is 22.9 Å². The predicted molar refractivity (Wildman–Crippen MR) is 106 cm³/mol. The van der Waals surface area contributed by atoms with Gasteiger partial charge in [-0.05, 0) is 35.9 Å². The second-order valence-corrected chi connectivity index (χ2v) is 7.06. The van der Waals surface area contributed by atoms with Crippen LogP contribution in [0.4, 0.5) is 0 Å². The molecule has 2 aromatic heterocycles. The third kappa shape index (κ3) is 3.15. The molecule has 2 aromatic carbocycles. The summed E-state index contributed by atoms with van der Waals surface area (Å²) in [5, 5.41) is 4.86. The van der Waals surface area contributed by atoms with Crippen molar-refractivity contribution in [2.24, 2.45) is 0 Å². The Morgan fingerprint density at radius 3 is 2.59 bits per heavy atom. The summed E-state index contributed by atoms with van der Waals surface area (Å²) in [6.07, 6.45) is 1.78. The molecule has 4 rings (SSSR count). The smallest absolute Gasteiger partial charge is 0.291 e. The number of aromatic nitrogens is 3. The van der Waals surface area contributed by atoms with Crippen LogP contribution in [0.2, 0.25) is 5.02 Å². The Balaban J connectivity index is 1.79. The fourth-order valence-electron chi connectivity index (χ4n) is 2.68. The van der Waals surface area contributed by atoms with E-state index in [9.17, 15) is 4.79 Å². The van der Waals surface area contributed by atoms with E-state index >= 15 is 0 Å². The van der Waals surface area contributed by atoms with Gasteiger partial charge in [-0.1, -0.05) is 41.1 Å². The summed E-state index contributed by atoms with van der Waals surface area (Å²) in [6.45, 7) is 0. The molecule has 0 spiro atoms. The third-order valence-corrected chi connectivity index (χ3v) is 5.29. The number of ether oxygens (including phenoxy) is 2. The van der Waals surface area contributed by atoms with Crippen LogP contribution >= 0.6 is 22.9 Å². The van der Waals surface area contributed by atoms with Crippen LogP contribution in [0.15, 0.2) is 47.3 Å². The Kier molecular flexibility index (Phi) is 4.55. The Bertz CT molecular complexity index is 1250. The quantitative estimate of drug-likeness (QED) is 0.527. The van der Waals surface area contributed by atoms with E-state index in [-0.39, 0.29) is 5.56 Å². The summed E-state index contributed by atoms with van der Waals surface area (Å²) in [5.41, 5.74) is 1.29. The van der Waals surface area contributed by atoms with Crippen molar-refractivity contribution in [3.05, 3.63) is 67.9 Å². The maximum atomic E-state index is 12.7. The highest BCUT2D eigenvalue weighted by molar-refractivity contribution is 7.15. The van der Waals surface area contributed by atoms with Crippen molar-refractivity contribution in [2.75, 3.05) is 14.2 Å². The van der Waals surface area contributed by atoms with Gasteiger partial charge in [0.2, 0.25) is 4.96 Å². The first-order valence-electron chi connectivity index (χ1n) is 7.99. The van der Waals surface area contributed by atoms with Crippen LogP contribution in [0.3, 0.4) is 0 Å². The zero-order valence-corrected chi connectivity index (χ0v) is 16.0. The van der Waals surface area contributed by atoms with Gasteiger partial charge in [-0.2, -0.15) is 9.50 Å². The zero-order valence-electron chi connectivity index (χ0n) is 14.5. The molecule has 27 heavy (non-hydrogen) atoms. The average Bonchev–Trinajstić information content (AvgIpc) is 3.21. The summed E-state index contributed by atoms with van der Waals surface area (Å²) in [5.74, 6) is 1.66. The topological polar surface area (TPSA) is 65.7 Å². The van der Waals surface area contributed by atoms with Crippen LogP contribution in [0.5, 0.6) is 11.5 Å². The van der Waals surface area contributed by atoms with Crippen LogP contribution in [-0.2, 0) is 0 Å². The van der Waals surface area contributed by atoms with Gasteiger partial charge >= 0.3 is 0 Å². The molecule has 0 fully saturated rings. The number of thiazole rings is 1. The van der Waals surface area contributed by atoms with Gasteiger partial charge in [-0.3, -0.25) is 4.79 Å². The van der Waals surface area contributed by atoms with Crippen molar-refractivity contribution < 1.29 is 9.47 Å². The number of rotatable bonds is 4. The lowest BCUT2D eigenvalue weighted by molar-refractivity contribution is 0.355. The van der Waals surface area contributed by atoms with E-state index in [0.717, 1.165) is 5.56 Å². The van der Waals surface area contributed by atoms with Gasteiger partial charge in [-0.25, -0.2) is 0 Å².